The SMILES string of the molecule is CCC(C)NC(=O)c1cc(Oc2c(F)cc(Cl)cc2Cl)ccc1[N+](=O)[O-]. The predicted molar refractivity (Wildman–Crippen MR) is 96.8 cm³/mol. The Bertz CT molecular complexity index is 838. The van der Waals surface area contributed by atoms with Gasteiger partial charge in [0.1, 0.15) is 11.3 Å². The van der Waals surface area contributed by atoms with E-state index in [0.717, 1.165) is 12.1 Å². The third kappa shape index (κ3) is 4.62. The maximum absolute atomic E-state index is 14.0. The van der Waals surface area contributed by atoms with E-state index in [1.54, 1.807) is 6.92 Å². The van der Waals surface area contributed by atoms with E-state index in [1.165, 1.54) is 18.2 Å². The third-order valence-electron chi connectivity index (χ3n) is 3.58. The second-order valence-electron chi connectivity index (χ2n) is 5.52. The van der Waals surface area contributed by atoms with Crippen molar-refractivity contribution in [1.82, 2.24) is 5.32 Å². The molecule has 2 rings (SSSR count). The smallest absolute Gasteiger partial charge is 0.282 e. The average Bonchev–Trinajstić information content (AvgIpc) is 2.57. The molecule has 0 aliphatic heterocycles. The van der Waals surface area contributed by atoms with Crippen LogP contribution in [-0.2, 0) is 0 Å². The molecule has 0 fully saturated rings. The zero-order chi connectivity index (χ0) is 19.4. The third-order valence-corrected chi connectivity index (χ3v) is 4.08. The molecule has 1 unspecified atom stereocenters. The van der Waals surface area contributed by atoms with Crippen molar-refractivity contribution in [2.45, 2.75) is 26.3 Å². The summed E-state index contributed by atoms with van der Waals surface area (Å²) in [6, 6.07) is 5.68. The van der Waals surface area contributed by atoms with Crippen LogP contribution in [0, 0.1) is 15.9 Å². The van der Waals surface area contributed by atoms with Crippen LogP contribution in [0.1, 0.15) is 30.6 Å². The molecule has 0 aliphatic rings. The highest BCUT2D eigenvalue weighted by atomic mass is 35.5. The monoisotopic (exact) mass is 400 g/mol. The van der Waals surface area contributed by atoms with Gasteiger partial charge in [0.25, 0.3) is 11.6 Å². The highest BCUT2D eigenvalue weighted by molar-refractivity contribution is 6.35. The van der Waals surface area contributed by atoms with E-state index in [4.69, 9.17) is 27.9 Å². The molecule has 26 heavy (non-hydrogen) atoms. The summed E-state index contributed by atoms with van der Waals surface area (Å²) in [6.07, 6.45) is 0.654. The fraction of sp³-hybridized carbons (Fsp3) is 0.235. The van der Waals surface area contributed by atoms with Gasteiger partial charge in [-0.05, 0) is 31.5 Å². The second-order valence-corrected chi connectivity index (χ2v) is 6.36. The average molecular weight is 401 g/mol. The summed E-state index contributed by atoms with van der Waals surface area (Å²) >= 11 is 11.6. The van der Waals surface area contributed by atoms with E-state index in [1.807, 2.05) is 6.92 Å². The number of nitrogens with zero attached hydrogens (tertiary/aromatic N) is 1. The summed E-state index contributed by atoms with van der Waals surface area (Å²) in [4.78, 5) is 22.8. The van der Waals surface area contributed by atoms with Crippen LogP contribution >= 0.6 is 23.2 Å². The van der Waals surface area contributed by atoms with Crippen molar-refractivity contribution >= 4 is 34.8 Å². The molecule has 0 saturated carbocycles. The van der Waals surface area contributed by atoms with Gasteiger partial charge in [-0.15, -0.1) is 0 Å². The minimum Gasteiger partial charge on any atom is -0.453 e. The van der Waals surface area contributed by atoms with Crippen LogP contribution in [-0.4, -0.2) is 16.9 Å². The number of nitro benzene ring substituents is 1. The first-order chi connectivity index (χ1) is 12.2. The Balaban J connectivity index is 2.41. The van der Waals surface area contributed by atoms with Gasteiger partial charge in [-0.1, -0.05) is 30.1 Å². The minimum atomic E-state index is -0.800. The van der Waals surface area contributed by atoms with E-state index < -0.39 is 16.6 Å². The standard InChI is InChI=1S/C17H15Cl2FN2O4/c1-3-9(2)21-17(23)12-8-11(4-5-15(12)22(24)25)26-16-13(19)6-10(18)7-14(16)20/h4-9H,3H2,1-2H3,(H,21,23). The van der Waals surface area contributed by atoms with Crippen molar-refractivity contribution in [1.29, 1.82) is 0 Å². The molecule has 1 N–H and O–H groups in total. The number of nitrogens with one attached hydrogen (secondary N) is 1. The summed E-state index contributed by atoms with van der Waals surface area (Å²) < 4.78 is 19.4. The molecule has 0 radical (unpaired) electrons. The van der Waals surface area contributed by atoms with Gasteiger partial charge < -0.3 is 10.1 Å². The van der Waals surface area contributed by atoms with Crippen LogP contribution < -0.4 is 10.1 Å². The Labute approximate surface area is 159 Å². The number of nitro groups is 1. The molecule has 0 aliphatic carbocycles. The number of carbonyl (C=O) groups excluding carboxylic acids is 1. The number of carbonyl (C=O) groups is 1. The van der Waals surface area contributed by atoms with Crippen LogP contribution in [0.3, 0.4) is 0 Å². The summed E-state index contributed by atoms with van der Waals surface area (Å²) in [5, 5.41) is 13.9. The topological polar surface area (TPSA) is 81.5 Å². The number of hydrogen-bond acceptors (Lipinski definition) is 4. The molecule has 2 aromatic carbocycles. The highest BCUT2D eigenvalue weighted by Crippen LogP contribution is 2.36. The van der Waals surface area contributed by atoms with Crippen molar-refractivity contribution in [3.05, 3.63) is 61.9 Å². The Hall–Kier alpha value is -2.38. The van der Waals surface area contributed by atoms with Crippen LogP contribution in [0.4, 0.5) is 10.1 Å². The van der Waals surface area contributed by atoms with Crippen molar-refractivity contribution in [2.24, 2.45) is 0 Å². The second kappa shape index (κ2) is 8.33. The summed E-state index contributed by atoms with van der Waals surface area (Å²) in [7, 11) is 0. The quantitative estimate of drug-likeness (QED) is 0.522. The van der Waals surface area contributed by atoms with Gasteiger partial charge in [-0.2, -0.15) is 0 Å². The van der Waals surface area contributed by atoms with E-state index in [0.29, 0.717) is 6.42 Å². The number of hydrogen-bond donors (Lipinski definition) is 1. The van der Waals surface area contributed by atoms with Crippen molar-refractivity contribution in [2.75, 3.05) is 0 Å². The molecule has 0 spiro atoms. The maximum atomic E-state index is 14.0. The first-order valence-electron chi connectivity index (χ1n) is 7.64. The Kier molecular flexibility index (Phi) is 6.39. The van der Waals surface area contributed by atoms with Crippen LogP contribution in [0.15, 0.2) is 30.3 Å². The fourth-order valence-electron chi connectivity index (χ4n) is 2.07. The summed E-state index contributed by atoms with van der Waals surface area (Å²) in [5.74, 6) is -1.70. The van der Waals surface area contributed by atoms with E-state index >= 15 is 0 Å². The Morgan fingerprint density at radius 1 is 1.35 bits per heavy atom. The number of benzene rings is 2. The van der Waals surface area contributed by atoms with Crippen LogP contribution in [0.25, 0.3) is 0 Å². The number of rotatable bonds is 6. The molecule has 1 amide bonds. The van der Waals surface area contributed by atoms with E-state index in [9.17, 15) is 19.3 Å². The zero-order valence-electron chi connectivity index (χ0n) is 13.9. The Morgan fingerprint density at radius 2 is 2.04 bits per heavy atom. The van der Waals surface area contributed by atoms with Crippen LogP contribution in [0.2, 0.25) is 10.0 Å². The molecule has 1 atom stereocenters. The first-order valence-corrected chi connectivity index (χ1v) is 8.40. The molecule has 6 nitrogen and oxygen atoms in total. The van der Waals surface area contributed by atoms with E-state index in [2.05, 4.69) is 5.32 Å². The van der Waals surface area contributed by atoms with Gasteiger partial charge in [0.2, 0.25) is 0 Å². The number of ether oxygens (including phenoxy) is 1. The summed E-state index contributed by atoms with van der Waals surface area (Å²) in [6.45, 7) is 3.64. The lowest BCUT2D eigenvalue weighted by molar-refractivity contribution is -0.385. The lowest BCUT2D eigenvalue weighted by atomic mass is 10.1. The molecule has 0 saturated heterocycles. The molecule has 0 bridgehead atoms. The lowest BCUT2D eigenvalue weighted by Gasteiger charge is -2.13. The minimum absolute atomic E-state index is 0.0213. The van der Waals surface area contributed by atoms with Gasteiger partial charge in [-0.25, -0.2) is 4.39 Å². The van der Waals surface area contributed by atoms with Gasteiger partial charge in [-0.3, -0.25) is 14.9 Å². The first kappa shape index (κ1) is 19.9. The normalized spacial score (nSPS) is 11.7. The van der Waals surface area contributed by atoms with Crippen molar-refractivity contribution in [3.8, 4) is 11.5 Å². The van der Waals surface area contributed by atoms with Gasteiger partial charge in [0.05, 0.1) is 9.95 Å². The van der Waals surface area contributed by atoms with E-state index in [-0.39, 0.29) is 38.8 Å². The van der Waals surface area contributed by atoms with Gasteiger partial charge >= 0.3 is 0 Å². The molecule has 0 heterocycles. The number of amides is 1. The number of halogens is 3. The predicted octanol–water partition coefficient (Wildman–Crippen LogP) is 5.36. The van der Waals surface area contributed by atoms with Crippen molar-refractivity contribution in [3.63, 3.8) is 0 Å². The fourth-order valence-corrected chi connectivity index (χ4v) is 2.57. The molecular weight excluding hydrogens is 386 g/mol. The van der Waals surface area contributed by atoms with Crippen molar-refractivity contribution < 1.29 is 18.8 Å². The highest BCUT2D eigenvalue weighted by Gasteiger charge is 2.23. The molecular formula is C17H15Cl2FN2O4. The lowest BCUT2D eigenvalue weighted by Crippen LogP contribution is -2.32. The Morgan fingerprint density at radius 3 is 2.62 bits per heavy atom. The van der Waals surface area contributed by atoms with Gasteiger partial charge in [0.15, 0.2) is 11.6 Å². The van der Waals surface area contributed by atoms with Gasteiger partial charge in [0, 0.05) is 23.2 Å². The summed E-state index contributed by atoms with van der Waals surface area (Å²) in [5.41, 5.74) is -0.584. The largest absolute Gasteiger partial charge is 0.453 e. The zero-order valence-corrected chi connectivity index (χ0v) is 15.4. The maximum Gasteiger partial charge on any atom is 0.282 e. The molecule has 0 aromatic heterocycles. The molecule has 2 aromatic rings. The van der Waals surface area contributed by atoms with Crippen LogP contribution in [0.5, 0.6) is 11.5 Å². The molecule has 9 heteroatoms. The molecule has 138 valence electrons.